The standard InChI is InChI=1S/C21H21Cl2N7O2S/c22-11-8-25-19-15(14(11)26-13-10-2-1-9(7-10)12(13)18(24)31)27-20(29-19)16-17(23)28-21(33-16)30-3-5-32-6-4-30/h1-2,8-10,12-13H,3-7H2,(H2,24,31)(H2,25,26,27,29)/t9-,10+,12+,13-/m1/s1. The van der Waals surface area contributed by atoms with Crippen LogP contribution in [0.1, 0.15) is 6.42 Å². The highest BCUT2D eigenvalue weighted by atomic mass is 35.5. The molecule has 12 heteroatoms. The summed E-state index contributed by atoms with van der Waals surface area (Å²) in [7, 11) is 0. The summed E-state index contributed by atoms with van der Waals surface area (Å²) in [4.78, 5) is 31.9. The molecule has 33 heavy (non-hydrogen) atoms. The summed E-state index contributed by atoms with van der Waals surface area (Å²) in [6, 6.07) is -0.132. The lowest BCUT2D eigenvalue weighted by Gasteiger charge is -2.28. The Morgan fingerprint density at radius 2 is 2.03 bits per heavy atom. The van der Waals surface area contributed by atoms with E-state index in [2.05, 4.69) is 42.3 Å². The number of fused-ring (bicyclic) bond motifs is 3. The number of nitrogens with two attached hydrogens (primary N) is 1. The number of nitrogens with one attached hydrogen (secondary N) is 2. The molecule has 1 aliphatic heterocycles. The molecule has 4 N–H and O–H groups in total. The fourth-order valence-corrected chi connectivity index (χ4v) is 6.57. The fraction of sp³-hybridized carbons (Fsp3) is 0.429. The van der Waals surface area contributed by atoms with Crippen molar-refractivity contribution in [2.24, 2.45) is 23.5 Å². The van der Waals surface area contributed by atoms with Gasteiger partial charge < -0.3 is 25.7 Å². The molecule has 1 saturated heterocycles. The van der Waals surface area contributed by atoms with Crippen LogP contribution in [0.15, 0.2) is 18.3 Å². The molecule has 4 atom stereocenters. The first-order chi connectivity index (χ1) is 16.0. The van der Waals surface area contributed by atoms with Crippen LogP contribution >= 0.6 is 34.5 Å². The Hall–Kier alpha value is -2.40. The Labute approximate surface area is 203 Å². The zero-order chi connectivity index (χ0) is 22.7. The van der Waals surface area contributed by atoms with Gasteiger partial charge in [0.05, 0.1) is 36.0 Å². The summed E-state index contributed by atoms with van der Waals surface area (Å²) < 4.78 is 5.43. The zero-order valence-corrected chi connectivity index (χ0v) is 19.8. The first kappa shape index (κ1) is 21.2. The molecule has 1 saturated carbocycles. The van der Waals surface area contributed by atoms with E-state index in [0.29, 0.717) is 46.1 Å². The molecule has 0 radical (unpaired) electrons. The second kappa shape index (κ2) is 8.12. The number of hydrogen-bond acceptors (Lipinski definition) is 8. The molecule has 3 aromatic heterocycles. The zero-order valence-electron chi connectivity index (χ0n) is 17.4. The second-order valence-electron chi connectivity index (χ2n) is 8.53. The molecule has 9 nitrogen and oxygen atoms in total. The second-order valence-corrected chi connectivity index (χ2v) is 10.3. The number of anilines is 2. The number of morpholine rings is 1. The molecule has 6 rings (SSSR count). The molecular formula is C21H21Cl2N7O2S. The number of hydrogen-bond donors (Lipinski definition) is 3. The van der Waals surface area contributed by atoms with E-state index in [1.165, 1.54) is 11.3 Å². The van der Waals surface area contributed by atoms with Crippen LogP contribution in [0, 0.1) is 17.8 Å². The average Bonchev–Trinajstić information content (AvgIpc) is 3.58. The van der Waals surface area contributed by atoms with Crippen LogP contribution in [0.3, 0.4) is 0 Å². The molecule has 172 valence electrons. The van der Waals surface area contributed by atoms with Gasteiger partial charge in [0, 0.05) is 19.1 Å². The number of allylic oxidation sites excluding steroid dienone is 1. The number of rotatable bonds is 5. The quantitative estimate of drug-likeness (QED) is 0.454. The van der Waals surface area contributed by atoms with E-state index >= 15 is 0 Å². The number of nitrogens with zero attached hydrogens (tertiary/aromatic N) is 4. The van der Waals surface area contributed by atoms with Gasteiger partial charge in [-0.25, -0.2) is 15.0 Å². The van der Waals surface area contributed by atoms with Crippen molar-refractivity contribution in [1.82, 2.24) is 19.9 Å². The summed E-state index contributed by atoms with van der Waals surface area (Å²) in [6.07, 6.45) is 6.71. The van der Waals surface area contributed by atoms with Crippen molar-refractivity contribution in [3.63, 3.8) is 0 Å². The van der Waals surface area contributed by atoms with Crippen molar-refractivity contribution in [3.05, 3.63) is 28.5 Å². The highest BCUT2D eigenvalue weighted by molar-refractivity contribution is 7.19. The van der Waals surface area contributed by atoms with Crippen LogP contribution < -0.4 is 16.0 Å². The Morgan fingerprint density at radius 1 is 1.24 bits per heavy atom. The molecule has 0 aromatic carbocycles. The van der Waals surface area contributed by atoms with Gasteiger partial charge in [0.25, 0.3) is 0 Å². The van der Waals surface area contributed by atoms with Crippen molar-refractivity contribution >= 4 is 62.4 Å². The van der Waals surface area contributed by atoms with E-state index in [0.717, 1.165) is 29.5 Å². The third-order valence-electron chi connectivity index (χ3n) is 6.64. The number of H-pyrrole nitrogens is 1. The minimum absolute atomic E-state index is 0.132. The van der Waals surface area contributed by atoms with Crippen molar-refractivity contribution in [2.45, 2.75) is 12.5 Å². The Bertz CT molecular complexity index is 1270. The van der Waals surface area contributed by atoms with Crippen molar-refractivity contribution in [2.75, 3.05) is 36.5 Å². The maximum atomic E-state index is 12.2. The smallest absolute Gasteiger partial charge is 0.223 e. The normalized spacial score (nSPS) is 26.4. The average molecular weight is 506 g/mol. The van der Waals surface area contributed by atoms with Gasteiger partial charge in [-0.05, 0) is 18.3 Å². The van der Waals surface area contributed by atoms with Crippen LogP contribution in [-0.2, 0) is 9.53 Å². The van der Waals surface area contributed by atoms with Crippen LogP contribution in [0.5, 0.6) is 0 Å². The number of carbonyl (C=O) groups is 1. The maximum Gasteiger partial charge on any atom is 0.223 e. The van der Waals surface area contributed by atoms with E-state index in [-0.39, 0.29) is 29.7 Å². The fourth-order valence-electron chi connectivity index (χ4n) is 5.08. The predicted octanol–water partition coefficient (Wildman–Crippen LogP) is 3.31. The summed E-state index contributed by atoms with van der Waals surface area (Å²) >= 11 is 14.5. The molecule has 0 spiro atoms. The van der Waals surface area contributed by atoms with Crippen LogP contribution in [0.4, 0.5) is 10.8 Å². The number of aromatic nitrogens is 4. The Balaban J connectivity index is 1.36. The monoisotopic (exact) mass is 505 g/mol. The summed E-state index contributed by atoms with van der Waals surface area (Å²) in [5.74, 6) is 0.371. The van der Waals surface area contributed by atoms with Gasteiger partial charge in [-0.15, -0.1) is 0 Å². The minimum atomic E-state index is -0.303. The van der Waals surface area contributed by atoms with Gasteiger partial charge in [-0.1, -0.05) is 46.7 Å². The molecule has 2 aliphatic carbocycles. The number of thiazole rings is 1. The Kier molecular flexibility index (Phi) is 5.21. The molecule has 2 fully saturated rings. The van der Waals surface area contributed by atoms with Gasteiger partial charge in [-0.3, -0.25) is 4.79 Å². The largest absolute Gasteiger partial charge is 0.378 e. The maximum absolute atomic E-state index is 12.2. The summed E-state index contributed by atoms with van der Waals surface area (Å²) in [5.41, 5.74) is 7.55. The first-order valence-corrected chi connectivity index (χ1v) is 12.3. The molecule has 4 heterocycles. The van der Waals surface area contributed by atoms with Crippen LogP contribution in [-0.4, -0.2) is 58.2 Å². The first-order valence-electron chi connectivity index (χ1n) is 10.8. The number of amides is 1. The third-order valence-corrected chi connectivity index (χ3v) is 8.44. The van der Waals surface area contributed by atoms with Gasteiger partial charge in [0.2, 0.25) is 5.91 Å². The molecule has 2 bridgehead atoms. The number of imidazole rings is 1. The lowest BCUT2D eigenvalue weighted by molar-refractivity contribution is -0.122. The predicted molar refractivity (Wildman–Crippen MR) is 129 cm³/mol. The van der Waals surface area contributed by atoms with E-state index in [1.54, 1.807) is 6.20 Å². The highest BCUT2D eigenvalue weighted by Gasteiger charge is 2.47. The minimum Gasteiger partial charge on any atom is -0.378 e. The molecule has 0 unspecified atom stereocenters. The molecule has 3 aromatic rings. The SMILES string of the molecule is NC(=O)[C@@H]1[C@H](Nc2c(Cl)cnc3nc(-c4sc(N5CCOCC5)nc4Cl)[nH]c23)[C@H]2C=C[C@@H]1C2. The number of carbonyl (C=O) groups excluding carboxylic acids is 1. The molecular weight excluding hydrogens is 485 g/mol. The van der Waals surface area contributed by atoms with Gasteiger partial charge in [-0.2, -0.15) is 0 Å². The van der Waals surface area contributed by atoms with E-state index in [9.17, 15) is 4.79 Å². The third kappa shape index (κ3) is 3.56. The number of halogens is 2. The van der Waals surface area contributed by atoms with Crippen molar-refractivity contribution in [3.8, 4) is 10.7 Å². The molecule has 3 aliphatic rings. The lowest BCUT2D eigenvalue weighted by atomic mass is 9.88. The van der Waals surface area contributed by atoms with Crippen LogP contribution in [0.25, 0.3) is 21.9 Å². The summed E-state index contributed by atoms with van der Waals surface area (Å²) in [5, 5.41) is 5.15. The topological polar surface area (TPSA) is 122 Å². The van der Waals surface area contributed by atoms with Gasteiger partial charge >= 0.3 is 0 Å². The van der Waals surface area contributed by atoms with Gasteiger partial charge in [0.15, 0.2) is 21.8 Å². The number of primary amides is 1. The summed E-state index contributed by atoms with van der Waals surface area (Å²) in [6.45, 7) is 2.87. The molecule has 1 amide bonds. The Morgan fingerprint density at radius 3 is 2.82 bits per heavy atom. The van der Waals surface area contributed by atoms with E-state index in [1.807, 2.05) is 0 Å². The van der Waals surface area contributed by atoms with Crippen molar-refractivity contribution in [1.29, 1.82) is 0 Å². The highest BCUT2D eigenvalue weighted by Crippen LogP contribution is 2.46. The van der Waals surface area contributed by atoms with E-state index < -0.39 is 0 Å². The van der Waals surface area contributed by atoms with E-state index in [4.69, 9.17) is 33.7 Å². The number of pyridine rings is 1. The van der Waals surface area contributed by atoms with Crippen molar-refractivity contribution < 1.29 is 9.53 Å². The number of aromatic amines is 1. The van der Waals surface area contributed by atoms with Gasteiger partial charge in [0.1, 0.15) is 10.4 Å². The lowest BCUT2D eigenvalue weighted by Crippen LogP contribution is -2.41. The van der Waals surface area contributed by atoms with Crippen LogP contribution in [0.2, 0.25) is 10.2 Å². The number of ether oxygens (including phenoxy) is 1.